The molecule has 1 aliphatic heterocycles. The van der Waals surface area contributed by atoms with Crippen molar-refractivity contribution in [2.24, 2.45) is 0 Å². The molecule has 0 radical (unpaired) electrons. The molecular weight excluding hydrogens is 446 g/mol. The van der Waals surface area contributed by atoms with Crippen LogP contribution in [0.4, 0.5) is 4.79 Å². The minimum Gasteiger partial charge on any atom is -0.446 e. The zero-order valence-corrected chi connectivity index (χ0v) is 20.6. The van der Waals surface area contributed by atoms with Gasteiger partial charge in [-0.2, -0.15) is 0 Å². The van der Waals surface area contributed by atoms with Crippen LogP contribution in [0.25, 0.3) is 11.1 Å². The summed E-state index contributed by atoms with van der Waals surface area (Å²) in [5, 5.41) is 0. The van der Waals surface area contributed by atoms with Crippen LogP contribution >= 0.6 is 0 Å². The van der Waals surface area contributed by atoms with Crippen LogP contribution in [0.15, 0.2) is 85.2 Å². The minimum atomic E-state index is -0.996. The summed E-state index contributed by atoms with van der Waals surface area (Å²) >= 11 is 0. The van der Waals surface area contributed by atoms with Gasteiger partial charge in [-0.25, -0.2) is 13.7 Å². The quantitative estimate of drug-likeness (QED) is 0.441. The molecule has 0 saturated carbocycles. The Balaban J connectivity index is 0.000000469. The van der Waals surface area contributed by atoms with Crippen molar-refractivity contribution in [2.75, 3.05) is 19.3 Å². The molecule has 1 aliphatic rings. The van der Waals surface area contributed by atoms with E-state index in [2.05, 4.69) is 34.0 Å². The van der Waals surface area contributed by atoms with E-state index in [1.165, 1.54) is 0 Å². The highest BCUT2D eigenvalue weighted by atomic mass is 32.2. The zero-order chi connectivity index (χ0) is 24.2. The average molecular weight is 480 g/mol. The molecule has 1 amide bonds. The van der Waals surface area contributed by atoms with Crippen LogP contribution in [0.1, 0.15) is 37.8 Å². The van der Waals surface area contributed by atoms with Gasteiger partial charge in [0.2, 0.25) is 0 Å². The lowest BCUT2D eigenvalue weighted by molar-refractivity contribution is 0.00942. The molecule has 2 heterocycles. The number of pyridine rings is 1. The van der Waals surface area contributed by atoms with E-state index in [9.17, 15) is 9.00 Å². The van der Waals surface area contributed by atoms with Gasteiger partial charge in [0.15, 0.2) is 0 Å². The highest BCUT2D eigenvalue weighted by Gasteiger charge is 2.30. The molecule has 34 heavy (non-hydrogen) atoms. The molecule has 1 saturated heterocycles. The molecule has 4 rings (SSSR count). The number of hydrogen-bond donors (Lipinski definition) is 1. The fraction of sp³-hybridized carbons (Fsp3) is 0.333. The maximum absolute atomic E-state index is 12.5. The predicted octanol–water partition coefficient (Wildman–Crippen LogP) is 5.37. The summed E-state index contributed by atoms with van der Waals surface area (Å²) < 4.78 is 19.5. The van der Waals surface area contributed by atoms with Crippen molar-refractivity contribution < 1.29 is 13.7 Å². The Hall–Kier alpha value is -3.03. The first-order valence-corrected chi connectivity index (χ1v) is 13.1. The molecule has 3 unspecified atom stereocenters. The largest absolute Gasteiger partial charge is 0.446 e. The number of benzene rings is 2. The van der Waals surface area contributed by atoms with Gasteiger partial charge < -0.3 is 9.64 Å². The van der Waals surface area contributed by atoms with Crippen LogP contribution in [0.5, 0.6) is 0 Å². The molecule has 180 valence electrons. The maximum atomic E-state index is 12.5. The van der Waals surface area contributed by atoms with Crippen LogP contribution in [0.3, 0.4) is 0 Å². The summed E-state index contributed by atoms with van der Waals surface area (Å²) in [7, 11) is -0.996. The van der Waals surface area contributed by atoms with E-state index < -0.39 is 11.0 Å². The first-order valence-electron chi connectivity index (χ1n) is 11.6. The summed E-state index contributed by atoms with van der Waals surface area (Å²) in [6, 6.07) is 24.1. The van der Waals surface area contributed by atoms with Gasteiger partial charge in [-0.05, 0) is 42.5 Å². The van der Waals surface area contributed by atoms with Gasteiger partial charge >= 0.3 is 6.09 Å². The number of cyclic esters (lactones) is 1. The Morgan fingerprint density at radius 2 is 1.74 bits per heavy atom. The first-order chi connectivity index (χ1) is 16.5. The Bertz CT molecular complexity index is 990. The average Bonchev–Trinajstić information content (AvgIpc) is 2.88. The molecule has 6 nitrogen and oxygen atoms in total. The summed E-state index contributed by atoms with van der Waals surface area (Å²) in [5.74, 6) is 0. The molecular formula is C27H33N3O3S. The van der Waals surface area contributed by atoms with Gasteiger partial charge in [-0.15, -0.1) is 0 Å². The summed E-state index contributed by atoms with van der Waals surface area (Å²) in [4.78, 5) is 18.4. The smallest absolute Gasteiger partial charge is 0.410 e. The summed E-state index contributed by atoms with van der Waals surface area (Å²) in [6.07, 6.45) is 7.34. The van der Waals surface area contributed by atoms with Crippen molar-refractivity contribution in [3.63, 3.8) is 0 Å². The Kier molecular flexibility index (Phi) is 10.3. The fourth-order valence-electron chi connectivity index (χ4n) is 3.80. The number of carbonyl (C=O) groups is 1. The van der Waals surface area contributed by atoms with E-state index in [-0.39, 0.29) is 18.2 Å². The van der Waals surface area contributed by atoms with Crippen molar-refractivity contribution in [3.8, 4) is 11.1 Å². The summed E-state index contributed by atoms with van der Waals surface area (Å²) in [6.45, 7) is 3.38. The lowest BCUT2D eigenvalue weighted by Crippen LogP contribution is -2.43. The van der Waals surface area contributed by atoms with E-state index in [0.717, 1.165) is 36.0 Å². The number of nitrogens with one attached hydrogen (secondary N) is 1. The molecule has 7 heteroatoms. The highest BCUT2D eigenvalue weighted by Crippen LogP contribution is 2.28. The Morgan fingerprint density at radius 3 is 2.29 bits per heavy atom. The summed E-state index contributed by atoms with van der Waals surface area (Å²) in [5.41, 5.74) is 3.26. The first kappa shape index (κ1) is 25.6. The van der Waals surface area contributed by atoms with Crippen LogP contribution in [-0.2, 0) is 15.7 Å². The van der Waals surface area contributed by atoms with E-state index in [1.807, 2.05) is 61.7 Å². The highest BCUT2D eigenvalue weighted by molar-refractivity contribution is 7.82. The number of carbonyl (C=O) groups excluding carboxylic acids is 1. The molecule has 2 aromatic carbocycles. The van der Waals surface area contributed by atoms with Gasteiger partial charge in [0.1, 0.15) is 6.10 Å². The van der Waals surface area contributed by atoms with Crippen molar-refractivity contribution in [1.29, 1.82) is 0 Å². The number of hydrogen-bond acceptors (Lipinski definition) is 4. The molecule has 1 N–H and O–H groups in total. The van der Waals surface area contributed by atoms with Gasteiger partial charge in [0.25, 0.3) is 0 Å². The lowest BCUT2D eigenvalue weighted by atomic mass is 10.0. The van der Waals surface area contributed by atoms with E-state index in [1.54, 1.807) is 17.4 Å². The minimum absolute atomic E-state index is 0.0411. The van der Waals surface area contributed by atoms with Gasteiger partial charge in [-0.1, -0.05) is 66.7 Å². The van der Waals surface area contributed by atoms with Crippen LogP contribution < -0.4 is 4.72 Å². The van der Waals surface area contributed by atoms with Crippen molar-refractivity contribution in [2.45, 2.75) is 38.3 Å². The van der Waals surface area contributed by atoms with Crippen LogP contribution in [-0.4, -0.2) is 45.6 Å². The standard InChI is InChI=1S/C21H27N3O3S.C6H6/c1-16(17-7-9-18(10-8-17)19-5-3-12-22-15-19)24-14-11-20(27-21(24)25)6-4-13-23-28(2)26;1-2-4-6-5-3-1/h3,5,7-10,12,15-16,20,23H,4,6,11,13-14H2,1-2H3;1-6H. The van der Waals surface area contributed by atoms with E-state index in [4.69, 9.17) is 4.74 Å². The van der Waals surface area contributed by atoms with Crippen LogP contribution in [0.2, 0.25) is 0 Å². The molecule has 1 fully saturated rings. The molecule has 3 aromatic rings. The van der Waals surface area contributed by atoms with Gasteiger partial charge in [-0.3, -0.25) is 4.98 Å². The second-order valence-electron chi connectivity index (χ2n) is 8.17. The monoisotopic (exact) mass is 479 g/mol. The second-order valence-corrected chi connectivity index (χ2v) is 9.37. The third-order valence-corrected chi connectivity index (χ3v) is 6.33. The normalized spacial score (nSPS) is 17.2. The SMILES string of the molecule is CC(c1ccc(-c2cccnc2)cc1)N1CCC(CCCNS(C)=O)OC1=O.c1ccccc1. The van der Waals surface area contributed by atoms with Crippen molar-refractivity contribution >= 4 is 17.1 Å². The predicted molar refractivity (Wildman–Crippen MR) is 137 cm³/mol. The fourth-order valence-corrected chi connectivity index (χ4v) is 4.23. The van der Waals surface area contributed by atoms with E-state index >= 15 is 0 Å². The van der Waals surface area contributed by atoms with Crippen molar-refractivity contribution in [1.82, 2.24) is 14.6 Å². The Labute approximate surface area is 205 Å². The maximum Gasteiger partial charge on any atom is 0.410 e. The molecule has 0 bridgehead atoms. The van der Waals surface area contributed by atoms with Gasteiger partial charge in [0.05, 0.1) is 17.0 Å². The molecule has 0 spiro atoms. The Morgan fingerprint density at radius 1 is 1.06 bits per heavy atom. The number of ether oxygens (including phenoxy) is 1. The number of nitrogens with zero attached hydrogens (tertiary/aromatic N) is 2. The number of aromatic nitrogens is 1. The third kappa shape index (κ3) is 8.08. The topological polar surface area (TPSA) is 71.5 Å². The van der Waals surface area contributed by atoms with Crippen molar-refractivity contribution in [3.05, 3.63) is 90.8 Å². The second kappa shape index (κ2) is 13.6. The lowest BCUT2D eigenvalue weighted by Gasteiger charge is -2.36. The number of amides is 1. The zero-order valence-electron chi connectivity index (χ0n) is 19.8. The van der Waals surface area contributed by atoms with Crippen LogP contribution in [0, 0.1) is 0 Å². The molecule has 0 aliphatic carbocycles. The molecule has 1 aromatic heterocycles. The van der Waals surface area contributed by atoms with Gasteiger partial charge in [0, 0.05) is 38.2 Å². The van der Waals surface area contributed by atoms with E-state index in [0.29, 0.717) is 13.1 Å². The number of rotatable bonds is 8. The third-order valence-electron chi connectivity index (χ3n) is 5.72. The molecule has 3 atom stereocenters.